The first-order valence-corrected chi connectivity index (χ1v) is 11.9. The summed E-state index contributed by atoms with van der Waals surface area (Å²) in [4.78, 5) is 0. The summed E-state index contributed by atoms with van der Waals surface area (Å²) in [6.07, 6.45) is -1.30. The normalized spacial score (nSPS) is 17.6. The van der Waals surface area contributed by atoms with E-state index in [4.69, 9.17) is 28.4 Å². The lowest BCUT2D eigenvalue weighted by molar-refractivity contribution is -0.0537. The first kappa shape index (κ1) is 26.4. The molecule has 8 heteroatoms. The summed E-state index contributed by atoms with van der Waals surface area (Å²) in [7, 11) is 9.41. The molecule has 198 valence electrons. The Labute approximate surface area is 217 Å². The van der Waals surface area contributed by atoms with Crippen LogP contribution in [0, 0.1) is 5.41 Å². The van der Waals surface area contributed by atoms with Crippen LogP contribution in [0.1, 0.15) is 34.5 Å². The van der Waals surface area contributed by atoms with E-state index in [2.05, 4.69) is 0 Å². The molecule has 0 aliphatic heterocycles. The minimum Gasteiger partial charge on any atom is -0.493 e. The van der Waals surface area contributed by atoms with Gasteiger partial charge in [0, 0.05) is 5.41 Å². The molecule has 37 heavy (non-hydrogen) atoms. The van der Waals surface area contributed by atoms with E-state index in [0.29, 0.717) is 58.5 Å². The number of ether oxygens (including phenoxy) is 6. The van der Waals surface area contributed by atoms with Crippen LogP contribution in [0.5, 0.6) is 34.5 Å². The van der Waals surface area contributed by atoms with Gasteiger partial charge in [0.1, 0.15) is 0 Å². The maximum atomic E-state index is 11.9. The fraction of sp³-hybridized carbons (Fsp3) is 0.379. The quantitative estimate of drug-likeness (QED) is 0.417. The van der Waals surface area contributed by atoms with Gasteiger partial charge in [0.15, 0.2) is 34.5 Å². The van der Waals surface area contributed by atoms with Crippen molar-refractivity contribution in [1.82, 2.24) is 0 Å². The SMILES string of the molecule is COc1ccc(CC2(Cc3ccc(OC)c(OC)c3)C(O)c3cc(OC)c(OC)cc3C2O)cc1OC. The van der Waals surface area contributed by atoms with E-state index < -0.39 is 17.6 Å². The van der Waals surface area contributed by atoms with Gasteiger partial charge in [-0.25, -0.2) is 0 Å². The number of aliphatic hydroxyl groups is 2. The van der Waals surface area contributed by atoms with Gasteiger partial charge in [-0.3, -0.25) is 0 Å². The van der Waals surface area contributed by atoms with Crippen molar-refractivity contribution in [3.05, 3.63) is 70.8 Å². The number of fused-ring (bicyclic) bond motifs is 1. The molecule has 0 aromatic heterocycles. The summed E-state index contributed by atoms with van der Waals surface area (Å²) < 4.78 is 32.8. The van der Waals surface area contributed by atoms with Gasteiger partial charge in [-0.05, 0) is 71.5 Å². The highest BCUT2D eigenvalue weighted by molar-refractivity contribution is 5.54. The van der Waals surface area contributed by atoms with Gasteiger partial charge >= 0.3 is 0 Å². The molecule has 1 aliphatic carbocycles. The van der Waals surface area contributed by atoms with Crippen LogP contribution in [-0.2, 0) is 12.8 Å². The van der Waals surface area contributed by atoms with Crippen LogP contribution in [-0.4, -0.2) is 52.9 Å². The van der Waals surface area contributed by atoms with Gasteiger partial charge in [0.2, 0.25) is 0 Å². The van der Waals surface area contributed by atoms with E-state index in [9.17, 15) is 10.2 Å². The van der Waals surface area contributed by atoms with Crippen molar-refractivity contribution in [3.8, 4) is 34.5 Å². The lowest BCUT2D eigenvalue weighted by Gasteiger charge is -2.37. The number of hydrogen-bond donors (Lipinski definition) is 2. The molecule has 0 fully saturated rings. The Bertz CT molecular complexity index is 1160. The van der Waals surface area contributed by atoms with E-state index >= 15 is 0 Å². The minimum atomic E-state index is -1.01. The smallest absolute Gasteiger partial charge is 0.161 e. The van der Waals surface area contributed by atoms with Crippen LogP contribution < -0.4 is 28.4 Å². The van der Waals surface area contributed by atoms with Crippen molar-refractivity contribution in [2.75, 3.05) is 42.7 Å². The molecule has 0 spiro atoms. The zero-order valence-electron chi connectivity index (χ0n) is 22.0. The van der Waals surface area contributed by atoms with Crippen molar-refractivity contribution < 1.29 is 38.6 Å². The fourth-order valence-electron chi connectivity index (χ4n) is 5.34. The second-order valence-electron chi connectivity index (χ2n) is 9.11. The van der Waals surface area contributed by atoms with Crippen LogP contribution >= 0.6 is 0 Å². The van der Waals surface area contributed by atoms with Crippen LogP contribution in [0.3, 0.4) is 0 Å². The first-order valence-electron chi connectivity index (χ1n) is 11.9. The predicted molar refractivity (Wildman–Crippen MR) is 138 cm³/mol. The van der Waals surface area contributed by atoms with Crippen LogP contribution in [0.2, 0.25) is 0 Å². The van der Waals surface area contributed by atoms with E-state index in [-0.39, 0.29) is 0 Å². The third-order valence-corrected chi connectivity index (χ3v) is 7.23. The molecule has 0 amide bonds. The number of aliphatic hydroxyl groups excluding tert-OH is 2. The molecule has 3 aromatic carbocycles. The van der Waals surface area contributed by atoms with Gasteiger partial charge in [-0.2, -0.15) is 0 Å². The van der Waals surface area contributed by atoms with E-state index in [1.807, 2.05) is 36.4 Å². The Balaban J connectivity index is 1.85. The Kier molecular flexibility index (Phi) is 7.71. The molecule has 0 heterocycles. The molecule has 3 aromatic rings. The van der Waals surface area contributed by atoms with Gasteiger partial charge in [0.05, 0.1) is 54.9 Å². The largest absolute Gasteiger partial charge is 0.493 e. The molecule has 2 atom stereocenters. The Morgan fingerprint density at radius 2 is 0.838 bits per heavy atom. The topological polar surface area (TPSA) is 95.8 Å². The molecule has 1 aliphatic rings. The van der Waals surface area contributed by atoms with Crippen LogP contribution in [0.4, 0.5) is 0 Å². The highest BCUT2D eigenvalue weighted by Crippen LogP contribution is 2.58. The average molecular weight is 511 g/mol. The number of benzene rings is 3. The molecule has 0 saturated carbocycles. The molecular formula is C29H34O8. The number of methoxy groups -OCH3 is 6. The van der Waals surface area contributed by atoms with Crippen molar-refractivity contribution in [2.45, 2.75) is 25.0 Å². The fourth-order valence-corrected chi connectivity index (χ4v) is 5.34. The van der Waals surface area contributed by atoms with Crippen molar-refractivity contribution in [1.29, 1.82) is 0 Å². The summed E-state index contributed by atoms with van der Waals surface area (Å²) in [6, 6.07) is 14.7. The predicted octanol–water partition coefficient (Wildman–Crippen LogP) is 4.29. The monoisotopic (exact) mass is 510 g/mol. The molecular weight excluding hydrogens is 476 g/mol. The molecule has 4 rings (SSSR count). The standard InChI is InChI=1S/C29H34O8/c1-32-21-9-7-17(11-23(21)34-3)15-29(16-18-8-10-22(33-2)24(12-18)35-4)27(30)19-13-25(36-5)26(37-6)14-20(19)28(29)31/h7-14,27-28,30-31H,15-16H2,1-6H3. The Morgan fingerprint density at radius 3 is 1.16 bits per heavy atom. The van der Waals surface area contributed by atoms with Crippen molar-refractivity contribution >= 4 is 0 Å². The van der Waals surface area contributed by atoms with Crippen LogP contribution in [0.25, 0.3) is 0 Å². The average Bonchev–Trinajstić information content (AvgIpc) is 3.12. The molecule has 0 bridgehead atoms. The molecule has 2 unspecified atom stereocenters. The van der Waals surface area contributed by atoms with Gasteiger partial charge in [0.25, 0.3) is 0 Å². The van der Waals surface area contributed by atoms with Gasteiger partial charge in [-0.1, -0.05) is 12.1 Å². The van der Waals surface area contributed by atoms with Gasteiger partial charge < -0.3 is 38.6 Å². The first-order chi connectivity index (χ1) is 17.8. The van der Waals surface area contributed by atoms with E-state index in [0.717, 1.165) is 11.1 Å². The third-order valence-electron chi connectivity index (χ3n) is 7.23. The Morgan fingerprint density at radius 1 is 0.514 bits per heavy atom. The summed E-state index contributed by atoms with van der Waals surface area (Å²) in [5, 5.41) is 23.7. The maximum Gasteiger partial charge on any atom is 0.161 e. The van der Waals surface area contributed by atoms with E-state index in [1.54, 1.807) is 54.8 Å². The zero-order valence-corrected chi connectivity index (χ0v) is 22.0. The second-order valence-corrected chi connectivity index (χ2v) is 9.11. The van der Waals surface area contributed by atoms with Crippen molar-refractivity contribution in [2.24, 2.45) is 5.41 Å². The Hall–Kier alpha value is -3.62. The zero-order chi connectivity index (χ0) is 26.7. The maximum absolute atomic E-state index is 11.9. The second kappa shape index (κ2) is 10.8. The highest BCUT2D eigenvalue weighted by atomic mass is 16.5. The van der Waals surface area contributed by atoms with E-state index in [1.165, 1.54) is 0 Å². The van der Waals surface area contributed by atoms with Crippen molar-refractivity contribution in [3.63, 3.8) is 0 Å². The highest BCUT2D eigenvalue weighted by Gasteiger charge is 2.53. The summed E-state index contributed by atoms with van der Waals surface area (Å²) in [5.74, 6) is 3.32. The number of rotatable bonds is 10. The third kappa shape index (κ3) is 4.63. The lowest BCUT2D eigenvalue weighted by Crippen LogP contribution is -2.35. The molecule has 8 nitrogen and oxygen atoms in total. The number of hydrogen-bond acceptors (Lipinski definition) is 8. The van der Waals surface area contributed by atoms with Crippen LogP contribution in [0.15, 0.2) is 48.5 Å². The summed E-state index contributed by atoms with van der Waals surface area (Å²) in [6.45, 7) is 0. The molecule has 0 saturated heterocycles. The van der Waals surface area contributed by atoms with Gasteiger partial charge in [-0.15, -0.1) is 0 Å². The summed E-state index contributed by atoms with van der Waals surface area (Å²) >= 11 is 0. The lowest BCUT2D eigenvalue weighted by atomic mass is 9.71. The summed E-state index contributed by atoms with van der Waals surface area (Å²) in [5.41, 5.74) is 1.95. The minimum absolute atomic E-state index is 0.351. The molecule has 0 radical (unpaired) electrons. The molecule has 2 N–H and O–H groups in total.